The number of hydrogen-bond donors (Lipinski definition) is 4. The minimum Gasteiger partial charge on any atom is -0.354 e. The summed E-state index contributed by atoms with van der Waals surface area (Å²) in [4.78, 5) is 15.1. The molecule has 2 heterocycles. The topological polar surface area (TPSA) is 82.9 Å². The summed E-state index contributed by atoms with van der Waals surface area (Å²) in [5.41, 5.74) is 8.36. The second kappa shape index (κ2) is 8.79. The molecule has 27 heavy (non-hydrogen) atoms. The van der Waals surface area contributed by atoms with E-state index in [0.29, 0.717) is 5.69 Å². The van der Waals surface area contributed by atoms with E-state index in [1.807, 2.05) is 24.3 Å². The van der Waals surface area contributed by atoms with Gasteiger partial charge in [-0.3, -0.25) is 4.79 Å². The van der Waals surface area contributed by atoms with E-state index in [9.17, 15) is 9.18 Å². The van der Waals surface area contributed by atoms with Crippen LogP contribution in [0.15, 0.2) is 48.5 Å². The van der Waals surface area contributed by atoms with Crippen molar-refractivity contribution in [2.24, 2.45) is 11.7 Å². The zero-order valence-corrected chi connectivity index (χ0v) is 15.4. The summed E-state index contributed by atoms with van der Waals surface area (Å²) < 4.78 is 13.1. The van der Waals surface area contributed by atoms with Gasteiger partial charge in [0, 0.05) is 23.5 Å². The number of nitrogens with two attached hydrogens (primary N) is 1. The highest BCUT2D eigenvalue weighted by Crippen LogP contribution is 2.32. The minimum atomic E-state index is -0.296. The Morgan fingerprint density at radius 1 is 1.22 bits per heavy atom. The first kappa shape index (κ1) is 19.1. The molecule has 0 saturated carbocycles. The van der Waals surface area contributed by atoms with Gasteiger partial charge in [-0.25, -0.2) is 4.39 Å². The van der Waals surface area contributed by atoms with Crippen LogP contribution in [0.25, 0.3) is 22.0 Å². The van der Waals surface area contributed by atoms with Gasteiger partial charge in [-0.05, 0) is 55.7 Å². The first-order chi connectivity index (χ1) is 13.1. The second-order valence-electron chi connectivity index (χ2n) is 6.60. The maximum absolute atomic E-state index is 13.1. The summed E-state index contributed by atoms with van der Waals surface area (Å²) in [6, 6.07) is 13.8. The van der Waals surface area contributed by atoms with Crippen LogP contribution in [-0.2, 0) is 0 Å². The largest absolute Gasteiger partial charge is 0.354 e. The number of H-pyrrole nitrogens is 1. The van der Waals surface area contributed by atoms with E-state index in [1.165, 1.54) is 25.1 Å². The number of rotatable bonds is 3. The standard InChI is InChI=1S/C16H13FN2O.C5H12N2/c1-18-16(20)15-14(10-6-8-11(17)9-7-10)12-4-2-3-5-13(12)19-15;6-3-5-1-2-7-4-5/h2-9,19H,1H3,(H,18,20);5,7H,1-4,6H2. The molecule has 0 spiro atoms. The second-order valence-corrected chi connectivity index (χ2v) is 6.60. The van der Waals surface area contributed by atoms with Crippen molar-refractivity contribution in [3.8, 4) is 11.1 Å². The van der Waals surface area contributed by atoms with E-state index in [1.54, 1.807) is 19.2 Å². The van der Waals surface area contributed by atoms with Gasteiger partial charge in [-0.2, -0.15) is 0 Å². The lowest BCUT2D eigenvalue weighted by Gasteiger charge is -2.04. The minimum absolute atomic E-state index is 0.194. The Bertz CT molecular complexity index is 898. The predicted molar refractivity (Wildman–Crippen MR) is 107 cm³/mol. The Balaban J connectivity index is 0.000000253. The lowest BCUT2D eigenvalue weighted by atomic mass is 10.0. The third kappa shape index (κ3) is 4.35. The monoisotopic (exact) mass is 368 g/mol. The van der Waals surface area contributed by atoms with Gasteiger partial charge in [0.1, 0.15) is 11.5 Å². The molecule has 2 aromatic carbocycles. The molecule has 1 atom stereocenters. The van der Waals surface area contributed by atoms with Gasteiger partial charge in [-0.15, -0.1) is 0 Å². The Labute approximate surface area is 158 Å². The Kier molecular flexibility index (Phi) is 6.21. The summed E-state index contributed by atoms with van der Waals surface area (Å²) in [6.07, 6.45) is 1.27. The van der Waals surface area contributed by atoms with Gasteiger partial charge in [0.2, 0.25) is 0 Å². The average molecular weight is 368 g/mol. The highest BCUT2D eigenvalue weighted by atomic mass is 19.1. The van der Waals surface area contributed by atoms with Crippen LogP contribution < -0.4 is 16.4 Å². The highest BCUT2D eigenvalue weighted by Gasteiger charge is 2.18. The van der Waals surface area contributed by atoms with Crippen LogP contribution in [-0.4, -0.2) is 37.6 Å². The number of hydrogen-bond acceptors (Lipinski definition) is 3. The van der Waals surface area contributed by atoms with Crippen LogP contribution in [0.4, 0.5) is 4.39 Å². The number of fused-ring (bicyclic) bond motifs is 1. The fraction of sp³-hybridized carbons (Fsp3) is 0.286. The summed E-state index contributed by atoms with van der Waals surface area (Å²) >= 11 is 0. The van der Waals surface area contributed by atoms with E-state index < -0.39 is 0 Å². The Morgan fingerprint density at radius 3 is 2.56 bits per heavy atom. The smallest absolute Gasteiger partial charge is 0.268 e. The number of para-hydroxylation sites is 1. The number of aromatic nitrogens is 1. The van der Waals surface area contributed by atoms with E-state index in [2.05, 4.69) is 15.6 Å². The zero-order valence-electron chi connectivity index (χ0n) is 15.4. The molecule has 3 aromatic rings. The van der Waals surface area contributed by atoms with Crippen molar-refractivity contribution in [1.29, 1.82) is 0 Å². The van der Waals surface area contributed by atoms with Gasteiger partial charge in [0.05, 0.1) is 0 Å². The van der Waals surface area contributed by atoms with Crippen LogP contribution in [0.1, 0.15) is 16.9 Å². The first-order valence-electron chi connectivity index (χ1n) is 9.13. The SMILES string of the molecule is CNC(=O)c1[nH]c2ccccc2c1-c1ccc(F)cc1.NCC1CCNC1. The van der Waals surface area contributed by atoms with Crippen molar-refractivity contribution >= 4 is 16.8 Å². The van der Waals surface area contributed by atoms with Crippen LogP contribution in [0.3, 0.4) is 0 Å². The molecular formula is C21H25FN4O. The van der Waals surface area contributed by atoms with Crippen molar-refractivity contribution in [2.45, 2.75) is 6.42 Å². The Hall–Kier alpha value is -2.70. The van der Waals surface area contributed by atoms with Crippen molar-refractivity contribution in [3.05, 3.63) is 60.0 Å². The van der Waals surface area contributed by atoms with Crippen LogP contribution in [0.5, 0.6) is 0 Å². The van der Waals surface area contributed by atoms with Crippen molar-refractivity contribution in [1.82, 2.24) is 15.6 Å². The molecule has 0 radical (unpaired) electrons. The molecule has 5 N–H and O–H groups in total. The number of halogens is 1. The van der Waals surface area contributed by atoms with Crippen LogP contribution >= 0.6 is 0 Å². The van der Waals surface area contributed by atoms with Gasteiger partial charge in [0.25, 0.3) is 5.91 Å². The lowest BCUT2D eigenvalue weighted by molar-refractivity contribution is 0.0959. The fourth-order valence-corrected chi connectivity index (χ4v) is 3.27. The van der Waals surface area contributed by atoms with Gasteiger partial charge >= 0.3 is 0 Å². The Morgan fingerprint density at radius 2 is 1.96 bits per heavy atom. The zero-order chi connectivity index (χ0) is 19.2. The van der Waals surface area contributed by atoms with Crippen molar-refractivity contribution in [3.63, 3.8) is 0 Å². The molecule has 1 aromatic heterocycles. The normalized spacial score (nSPS) is 16.0. The molecular weight excluding hydrogens is 343 g/mol. The van der Waals surface area contributed by atoms with E-state index in [0.717, 1.165) is 41.0 Å². The molecule has 6 heteroatoms. The number of carbonyl (C=O) groups is 1. The number of aromatic amines is 1. The molecule has 1 aliphatic rings. The number of amides is 1. The third-order valence-electron chi connectivity index (χ3n) is 4.79. The highest BCUT2D eigenvalue weighted by molar-refractivity contribution is 6.09. The third-order valence-corrected chi connectivity index (χ3v) is 4.79. The van der Waals surface area contributed by atoms with E-state index in [-0.39, 0.29) is 11.7 Å². The molecule has 1 amide bonds. The van der Waals surface area contributed by atoms with Gasteiger partial charge in [-0.1, -0.05) is 30.3 Å². The summed E-state index contributed by atoms with van der Waals surface area (Å²) in [5.74, 6) is 0.274. The van der Waals surface area contributed by atoms with Crippen LogP contribution in [0.2, 0.25) is 0 Å². The van der Waals surface area contributed by atoms with Gasteiger partial charge in [0.15, 0.2) is 0 Å². The first-order valence-corrected chi connectivity index (χ1v) is 9.13. The molecule has 4 rings (SSSR count). The number of benzene rings is 2. The van der Waals surface area contributed by atoms with Crippen molar-refractivity contribution in [2.75, 3.05) is 26.7 Å². The summed E-state index contributed by atoms with van der Waals surface area (Å²) in [6.45, 7) is 3.16. The van der Waals surface area contributed by atoms with Crippen molar-refractivity contribution < 1.29 is 9.18 Å². The number of carbonyl (C=O) groups excluding carboxylic acids is 1. The summed E-state index contributed by atoms with van der Waals surface area (Å²) in [5, 5.41) is 6.81. The molecule has 1 aliphatic heterocycles. The maximum atomic E-state index is 13.1. The van der Waals surface area contributed by atoms with Gasteiger partial charge < -0.3 is 21.4 Å². The molecule has 1 saturated heterocycles. The molecule has 1 unspecified atom stereocenters. The van der Waals surface area contributed by atoms with Crippen LogP contribution in [0, 0.1) is 11.7 Å². The molecule has 1 fully saturated rings. The number of nitrogens with one attached hydrogen (secondary N) is 3. The quantitative estimate of drug-likeness (QED) is 0.574. The summed E-state index contributed by atoms with van der Waals surface area (Å²) in [7, 11) is 1.59. The molecule has 0 aliphatic carbocycles. The maximum Gasteiger partial charge on any atom is 0.268 e. The molecule has 0 bridgehead atoms. The van der Waals surface area contributed by atoms with E-state index >= 15 is 0 Å². The molecule has 5 nitrogen and oxygen atoms in total. The predicted octanol–water partition coefficient (Wildman–Crippen LogP) is 2.89. The fourth-order valence-electron chi connectivity index (χ4n) is 3.27. The average Bonchev–Trinajstić information content (AvgIpc) is 3.36. The lowest BCUT2D eigenvalue weighted by Crippen LogP contribution is -2.18. The molecule has 142 valence electrons. The van der Waals surface area contributed by atoms with E-state index in [4.69, 9.17) is 5.73 Å².